The molecular formula is C17H29N3. The van der Waals surface area contributed by atoms with E-state index in [2.05, 4.69) is 55.0 Å². The van der Waals surface area contributed by atoms with Crippen molar-refractivity contribution in [2.24, 2.45) is 5.73 Å². The maximum Gasteiger partial charge on any atom is 0.0364 e. The standard InChI is InChI=1S/C17H29N3/c1-4-17(18)14-8-10-15(11-9-14)19(3)13-16-7-6-12-20(16)5-2/h8-11,16-17H,4-7,12-13,18H2,1-3H3/t16?,17-/m1/s1. The number of likely N-dealkylation sites (tertiary alicyclic amines) is 1. The Bertz CT molecular complexity index is 401. The van der Waals surface area contributed by atoms with Crippen LogP contribution in [0.25, 0.3) is 0 Å². The minimum absolute atomic E-state index is 0.166. The summed E-state index contributed by atoms with van der Waals surface area (Å²) >= 11 is 0. The van der Waals surface area contributed by atoms with E-state index < -0.39 is 0 Å². The Morgan fingerprint density at radius 2 is 2.00 bits per heavy atom. The quantitative estimate of drug-likeness (QED) is 0.866. The molecule has 3 heteroatoms. The summed E-state index contributed by atoms with van der Waals surface area (Å²) in [6, 6.07) is 9.63. The molecule has 1 saturated heterocycles. The van der Waals surface area contributed by atoms with E-state index in [1.54, 1.807) is 0 Å². The van der Waals surface area contributed by atoms with E-state index in [1.165, 1.54) is 37.2 Å². The first-order valence-corrected chi connectivity index (χ1v) is 7.96. The molecule has 0 amide bonds. The van der Waals surface area contributed by atoms with Crippen molar-refractivity contribution in [1.29, 1.82) is 0 Å². The van der Waals surface area contributed by atoms with Gasteiger partial charge in [-0.15, -0.1) is 0 Å². The molecule has 0 aromatic heterocycles. The molecule has 0 saturated carbocycles. The normalized spacial score (nSPS) is 21.1. The molecule has 20 heavy (non-hydrogen) atoms. The van der Waals surface area contributed by atoms with E-state index in [-0.39, 0.29) is 6.04 Å². The third-order valence-electron chi connectivity index (χ3n) is 4.59. The summed E-state index contributed by atoms with van der Waals surface area (Å²) in [4.78, 5) is 4.97. The minimum Gasteiger partial charge on any atom is -0.373 e. The predicted octanol–water partition coefficient (Wildman–Crippen LogP) is 3.02. The lowest BCUT2D eigenvalue weighted by molar-refractivity contribution is 0.270. The fourth-order valence-corrected chi connectivity index (χ4v) is 3.15. The lowest BCUT2D eigenvalue weighted by Crippen LogP contribution is -2.38. The number of hydrogen-bond donors (Lipinski definition) is 1. The highest BCUT2D eigenvalue weighted by molar-refractivity contribution is 5.47. The highest BCUT2D eigenvalue weighted by Gasteiger charge is 2.24. The zero-order valence-electron chi connectivity index (χ0n) is 13.2. The average molecular weight is 275 g/mol. The summed E-state index contributed by atoms with van der Waals surface area (Å²) in [7, 11) is 2.20. The Morgan fingerprint density at radius 1 is 1.30 bits per heavy atom. The van der Waals surface area contributed by atoms with Crippen LogP contribution in [-0.2, 0) is 0 Å². The van der Waals surface area contributed by atoms with Crippen LogP contribution >= 0.6 is 0 Å². The van der Waals surface area contributed by atoms with Crippen LogP contribution in [-0.4, -0.2) is 37.6 Å². The van der Waals surface area contributed by atoms with Crippen molar-refractivity contribution in [2.45, 2.75) is 45.2 Å². The molecule has 1 aromatic rings. The monoisotopic (exact) mass is 275 g/mol. The molecule has 112 valence electrons. The third-order valence-corrected chi connectivity index (χ3v) is 4.59. The molecule has 1 heterocycles. The van der Waals surface area contributed by atoms with Crippen LogP contribution in [0.2, 0.25) is 0 Å². The molecule has 1 fully saturated rings. The molecular weight excluding hydrogens is 246 g/mol. The van der Waals surface area contributed by atoms with Gasteiger partial charge < -0.3 is 10.6 Å². The molecule has 1 aliphatic heterocycles. The van der Waals surface area contributed by atoms with Crippen molar-refractivity contribution in [3.8, 4) is 0 Å². The van der Waals surface area contributed by atoms with E-state index in [4.69, 9.17) is 5.73 Å². The Hall–Kier alpha value is -1.06. The van der Waals surface area contributed by atoms with Gasteiger partial charge in [0.25, 0.3) is 0 Å². The van der Waals surface area contributed by atoms with Crippen molar-refractivity contribution in [3.05, 3.63) is 29.8 Å². The molecule has 3 nitrogen and oxygen atoms in total. The van der Waals surface area contributed by atoms with Crippen LogP contribution in [0.4, 0.5) is 5.69 Å². The Morgan fingerprint density at radius 3 is 2.60 bits per heavy atom. The first kappa shape index (κ1) is 15.3. The second kappa shape index (κ2) is 7.09. The average Bonchev–Trinajstić information content (AvgIpc) is 2.93. The number of hydrogen-bond acceptors (Lipinski definition) is 3. The van der Waals surface area contributed by atoms with Crippen molar-refractivity contribution < 1.29 is 0 Å². The Kier molecular flexibility index (Phi) is 5.44. The topological polar surface area (TPSA) is 32.5 Å². The summed E-state index contributed by atoms with van der Waals surface area (Å²) < 4.78 is 0. The molecule has 2 atom stereocenters. The molecule has 0 spiro atoms. The Labute approximate surface area is 123 Å². The fraction of sp³-hybridized carbons (Fsp3) is 0.647. The molecule has 2 rings (SSSR count). The fourth-order valence-electron chi connectivity index (χ4n) is 3.15. The SMILES string of the molecule is CC[C@@H](N)c1ccc(N(C)CC2CCCN2CC)cc1. The lowest BCUT2D eigenvalue weighted by Gasteiger charge is -2.29. The van der Waals surface area contributed by atoms with Gasteiger partial charge in [0.05, 0.1) is 0 Å². The van der Waals surface area contributed by atoms with E-state index >= 15 is 0 Å². The molecule has 0 aliphatic carbocycles. The third kappa shape index (κ3) is 3.53. The van der Waals surface area contributed by atoms with Gasteiger partial charge in [-0.25, -0.2) is 0 Å². The molecule has 1 unspecified atom stereocenters. The summed E-state index contributed by atoms with van der Waals surface area (Å²) in [6.45, 7) is 7.94. The number of anilines is 1. The van der Waals surface area contributed by atoms with Crippen molar-refractivity contribution in [3.63, 3.8) is 0 Å². The van der Waals surface area contributed by atoms with Gasteiger partial charge in [0.2, 0.25) is 0 Å². The van der Waals surface area contributed by atoms with E-state index in [1.807, 2.05) is 0 Å². The van der Waals surface area contributed by atoms with Gasteiger partial charge in [0.1, 0.15) is 0 Å². The van der Waals surface area contributed by atoms with Crippen LogP contribution in [0.3, 0.4) is 0 Å². The minimum atomic E-state index is 0.166. The summed E-state index contributed by atoms with van der Waals surface area (Å²) in [5.74, 6) is 0. The smallest absolute Gasteiger partial charge is 0.0364 e. The maximum atomic E-state index is 6.07. The molecule has 1 aliphatic rings. The van der Waals surface area contributed by atoms with E-state index in [0.29, 0.717) is 6.04 Å². The number of rotatable bonds is 6. The van der Waals surface area contributed by atoms with Gasteiger partial charge >= 0.3 is 0 Å². The first-order valence-electron chi connectivity index (χ1n) is 7.96. The van der Waals surface area contributed by atoms with Crippen LogP contribution in [0.1, 0.15) is 44.7 Å². The first-order chi connectivity index (χ1) is 9.65. The second-order valence-electron chi connectivity index (χ2n) is 5.91. The zero-order valence-corrected chi connectivity index (χ0v) is 13.2. The van der Waals surface area contributed by atoms with Gasteiger partial charge in [-0.1, -0.05) is 26.0 Å². The van der Waals surface area contributed by atoms with Gasteiger partial charge in [-0.3, -0.25) is 4.90 Å². The van der Waals surface area contributed by atoms with E-state index in [9.17, 15) is 0 Å². The van der Waals surface area contributed by atoms with Gasteiger partial charge in [0, 0.05) is 31.4 Å². The molecule has 2 N–H and O–H groups in total. The van der Waals surface area contributed by atoms with Crippen LogP contribution < -0.4 is 10.6 Å². The van der Waals surface area contributed by atoms with Crippen LogP contribution in [0, 0.1) is 0 Å². The largest absolute Gasteiger partial charge is 0.373 e. The number of nitrogens with two attached hydrogens (primary N) is 1. The summed E-state index contributed by atoms with van der Waals surface area (Å²) in [5.41, 5.74) is 8.60. The van der Waals surface area contributed by atoms with Crippen molar-refractivity contribution >= 4 is 5.69 Å². The highest BCUT2D eigenvalue weighted by atomic mass is 15.2. The van der Waals surface area contributed by atoms with E-state index in [0.717, 1.165) is 13.0 Å². The van der Waals surface area contributed by atoms with Gasteiger partial charge in [0.15, 0.2) is 0 Å². The maximum absolute atomic E-state index is 6.07. The summed E-state index contributed by atoms with van der Waals surface area (Å²) in [6.07, 6.45) is 3.66. The Balaban J connectivity index is 1.97. The molecule has 0 bridgehead atoms. The summed E-state index contributed by atoms with van der Waals surface area (Å²) in [5, 5.41) is 0. The van der Waals surface area contributed by atoms with Gasteiger partial charge in [-0.2, -0.15) is 0 Å². The second-order valence-corrected chi connectivity index (χ2v) is 5.91. The highest BCUT2D eigenvalue weighted by Crippen LogP contribution is 2.22. The number of likely N-dealkylation sites (N-methyl/N-ethyl adjacent to an activating group) is 2. The van der Waals surface area contributed by atoms with Crippen LogP contribution in [0.5, 0.6) is 0 Å². The number of nitrogens with zero attached hydrogens (tertiary/aromatic N) is 2. The van der Waals surface area contributed by atoms with Crippen LogP contribution in [0.15, 0.2) is 24.3 Å². The van der Waals surface area contributed by atoms with Crippen molar-refractivity contribution in [1.82, 2.24) is 4.90 Å². The molecule has 1 aromatic carbocycles. The van der Waals surface area contributed by atoms with Gasteiger partial charge in [-0.05, 0) is 50.0 Å². The lowest BCUT2D eigenvalue weighted by atomic mass is 10.0. The zero-order chi connectivity index (χ0) is 14.5. The predicted molar refractivity (Wildman–Crippen MR) is 87.2 cm³/mol. The molecule has 0 radical (unpaired) electrons. The number of benzene rings is 1. The van der Waals surface area contributed by atoms with Crippen molar-refractivity contribution in [2.75, 3.05) is 31.6 Å².